The number of rotatable bonds is 4. The minimum absolute atomic E-state index is 0.335. The first kappa shape index (κ1) is 14.6. The summed E-state index contributed by atoms with van der Waals surface area (Å²) >= 11 is 0. The van der Waals surface area contributed by atoms with Crippen LogP contribution < -0.4 is 5.73 Å². The van der Waals surface area contributed by atoms with E-state index in [0.717, 1.165) is 37.4 Å². The maximum atomic E-state index is 6.20. The van der Waals surface area contributed by atoms with Crippen molar-refractivity contribution in [1.29, 1.82) is 0 Å². The molecular formula is C18H26N2O. The zero-order chi connectivity index (χ0) is 14.8. The predicted octanol–water partition coefficient (Wildman–Crippen LogP) is 3.73. The Hall–Kier alpha value is -1.32. The van der Waals surface area contributed by atoms with Crippen molar-refractivity contribution in [1.82, 2.24) is 4.90 Å². The third-order valence-electron chi connectivity index (χ3n) is 4.89. The first-order valence-electron chi connectivity index (χ1n) is 8.19. The molecule has 0 spiro atoms. The van der Waals surface area contributed by atoms with Crippen molar-refractivity contribution in [2.24, 2.45) is 11.7 Å². The molecule has 2 heterocycles. The van der Waals surface area contributed by atoms with Gasteiger partial charge in [0, 0.05) is 17.5 Å². The van der Waals surface area contributed by atoms with Crippen LogP contribution >= 0.6 is 0 Å². The van der Waals surface area contributed by atoms with E-state index in [4.69, 9.17) is 10.2 Å². The lowest BCUT2D eigenvalue weighted by Crippen LogP contribution is -2.39. The molecule has 0 amide bonds. The average molecular weight is 286 g/mol. The summed E-state index contributed by atoms with van der Waals surface area (Å²) in [5.74, 6) is 1.78. The predicted molar refractivity (Wildman–Crippen MR) is 87.4 cm³/mol. The lowest BCUT2D eigenvalue weighted by molar-refractivity contribution is 0.122. The molecule has 3 rings (SSSR count). The van der Waals surface area contributed by atoms with Gasteiger partial charge in [0.05, 0.1) is 6.04 Å². The number of hydrogen-bond acceptors (Lipinski definition) is 3. The molecule has 1 aromatic carbocycles. The summed E-state index contributed by atoms with van der Waals surface area (Å²) < 4.78 is 6.20. The lowest BCUT2D eigenvalue weighted by atomic mass is 9.95. The molecule has 2 N–H and O–H groups in total. The third kappa shape index (κ3) is 2.72. The molecule has 1 aliphatic heterocycles. The molecule has 1 aliphatic rings. The smallest absolute Gasteiger partial charge is 0.134 e. The van der Waals surface area contributed by atoms with Gasteiger partial charge in [-0.25, -0.2) is 0 Å². The van der Waals surface area contributed by atoms with E-state index < -0.39 is 0 Å². The second kappa shape index (κ2) is 6.20. The van der Waals surface area contributed by atoms with Crippen LogP contribution in [0.25, 0.3) is 11.0 Å². The second-order valence-electron chi connectivity index (χ2n) is 6.21. The van der Waals surface area contributed by atoms with Gasteiger partial charge < -0.3 is 10.2 Å². The summed E-state index contributed by atoms with van der Waals surface area (Å²) in [4.78, 5) is 2.54. The molecule has 1 saturated heterocycles. The van der Waals surface area contributed by atoms with Crippen molar-refractivity contribution in [3.05, 3.63) is 35.6 Å². The lowest BCUT2D eigenvalue weighted by Gasteiger charge is -2.35. The Labute approximate surface area is 127 Å². The Morgan fingerprint density at radius 3 is 2.95 bits per heavy atom. The number of furan rings is 1. The summed E-state index contributed by atoms with van der Waals surface area (Å²) in [6.07, 6.45) is 3.53. The molecule has 3 heteroatoms. The zero-order valence-corrected chi connectivity index (χ0v) is 13.1. The summed E-state index contributed by atoms with van der Waals surface area (Å²) in [6, 6.07) is 8.72. The van der Waals surface area contributed by atoms with Crippen molar-refractivity contribution >= 4 is 11.0 Å². The second-order valence-corrected chi connectivity index (χ2v) is 6.21. The quantitative estimate of drug-likeness (QED) is 0.931. The van der Waals surface area contributed by atoms with E-state index in [9.17, 15) is 0 Å². The van der Waals surface area contributed by atoms with Crippen molar-refractivity contribution in [3.63, 3.8) is 0 Å². The molecule has 2 aromatic rings. The van der Waals surface area contributed by atoms with E-state index in [1.807, 2.05) is 6.07 Å². The van der Waals surface area contributed by atoms with Gasteiger partial charge in [0.15, 0.2) is 0 Å². The number of fused-ring (bicyclic) bond motifs is 1. The molecule has 0 bridgehead atoms. The Balaban J connectivity index is 1.92. The number of nitrogens with zero attached hydrogens (tertiary/aromatic N) is 1. The summed E-state index contributed by atoms with van der Waals surface area (Å²) in [5, 5.41) is 1.27. The molecule has 2 unspecified atom stereocenters. The molecule has 0 saturated carbocycles. The largest absolute Gasteiger partial charge is 0.459 e. The maximum absolute atomic E-state index is 6.20. The summed E-state index contributed by atoms with van der Waals surface area (Å²) in [6.45, 7) is 7.53. The van der Waals surface area contributed by atoms with E-state index in [1.54, 1.807) is 0 Å². The topological polar surface area (TPSA) is 42.4 Å². The Bertz CT molecular complexity index is 604. The molecule has 1 fully saturated rings. The maximum Gasteiger partial charge on any atom is 0.134 e. The highest BCUT2D eigenvalue weighted by molar-refractivity contribution is 5.82. The van der Waals surface area contributed by atoms with E-state index in [-0.39, 0.29) is 0 Å². The van der Waals surface area contributed by atoms with Gasteiger partial charge in [-0.3, -0.25) is 4.90 Å². The fourth-order valence-corrected chi connectivity index (χ4v) is 3.63. The van der Waals surface area contributed by atoms with Gasteiger partial charge in [-0.1, -0.05) is 25.1 Å². The number of piperidine rings is 1. The number of para-hydroxylation sites is 1. The number of likely N-dealkylation sites (tertiary alicyclic amines) is 1. The van der Waals surface area contributed by atoms with E-state index in [1.165, 1.54) is 23.8 Å². The molecule has 0 radical (unpaired) electrons. The Morgan fingerprint density at radius 1 is 1.38 bits per heavy atom. The molecule has 3 nitrogen and oxygen atoms in total. The normalized spacial score (nSPS) is 21.8. The Morgan fingerprint density at radius 2 is 2.19 bits per heavy atom. The van der Waals surface area contributed by atoms with Crippen LogP contribution in [0, 0.1) is 5.92 Å². The van der Waals surface area contributed by atoms with E-state index in [2.05, 4.69) is 36.9 Å². The van der Waals surface area contributed by atoms with Gasteiger partial charge in [0.1, 0.15) is 11.3 Å². The number of nitrogens with two attached hydrogens (primary N) is 1. The van der Waals surface area contributed by atoms with Gasteiger partial charge in [-0.2, -0.15) is 0 Å². The van der Waals surface area contributed by atoms with Crippen molar-refractivity contribution in [2.75, 3.05) is 19.6 Å². The highest BCUT2D eigenvalue weighted by Crippen LogP contribution is 2.34. The third-order valence-corrected chi connectivity index (χ3v) is 4.89. The van der Waals surface area contributed by atoms with Gasteiger partial charge in [-0.15, -0.1) is 0 Å². The standard InChI is InChI=1S/C18H26N2O/c1-3-15-16-8-4-5-9-17(16)21-18(15)13(2)20-10-6-7-14(11-19)12-20/h4-5,8-9,13-14H,3,6-7,10-12,19H2,1-2H3. The van der Waals surface area contributed by atoms with Crippen LogP contribution in [0.2, 0.25) is 0 Å². The first-order chi connectivity index (χ1) is 10.2. The monoisotopic (exact) mass is 286 g/mol. The van der Waals surface area contributed by atoms with Crippen LogP contribution in [0.5, 0.6) is 0 Å². The molecule has 0 aliphatic carbocycles. The molecule has 1 aromatic heterocycles. The van der Waals surface area contributed by atoms with Crippen LogP contribution in [-0.2, 0) is 6.42 Å². The van der Waals surface area contributed by atoms with E-state index in [0.29, 0.717) is 12.0 Å². The van der Waals surface area contributed by atoms with Crippen LogP contribution in [-0.4, -0.2) is 24.5 Å². The number of benzene rings is 1. The number of aryl methyl sites for hydroxylation is 1. The van der Waals surface area contributed by atoms with Gasteiger partial charge in [-0.05, 0) is 51.3 Å². The highest BCUT2D eigenvalue weighted by Gasteiger charge is 2.27. The SMILES string of the molecule is CCc1c(C(C)N2CCCC(CN)C2)oc2ccccc12. The summed E-state index contributed by atoms with van der Waals surface area (Å²) in [7, 11) is 0. The summed E-state index contributed by atoms with van der Waals surface area (Å²) in [5.41, 5.74) is 8.26. The van der Waals surface area contributed by atoms with Gasteiger partial charge in [0.25, 0.3) is 0 Å². The van der Waals surface area contributed by atoms with Crippen LogP contribution in [0.1, 0.15) is 44.1 Å². The average Bonchev–Trinajstić information content (AvgIpc) is 2.92. The molecule has 21 heavy (non-hydrogen) atoms. The van der Waals surface area contributed by atoms with Crippen LogP contribution in [0.15, 0.2) is 28.7 Å². The highest BCUT2D eigenvalue weighted by atomic mass is 16.3. The van der Waals surface area contributed by atoms with Crippen molar-refractivity contribution in [2.45, 2.75) is 39.2 Å². The molecular weight excluding hydrogens is 260 g/mol. The Kier molecular flexibility index (Phi) is 4.32. The number of hydrogen-bond donors (Lipinski definition) is 1. The zero-order valence-electron chi connectivity index (χ0n) is 13.1. The molecule has 114 valence electrons. The van der Waals surface area contributed by atoms with Gasteiger partial charge >= 0.3 is 0 Å². The van der Waals surface area contributed by atoms with Crippen molar-refractivity contribution < 1.29 is 4.42 Å². The molecule has 2 atom stereocenters. The fourth-order valence-electron chi connectivity index (χ4n) is 3.63. The fraction of sp³-hybridized carbons (Fsp3) is 0.556. The minimum atomic E-state index is 0.335. The van der Waals surface area contributed by atoms with E-state index >= 15 is 0 Å². The van der Waals surface area contributed by atoms with Crippen molar-refractivity contribution in [3.8, 4) is 0 Å². The van der Waals surface area contributed by atoms with Gasteiger partial charge in [0.2, 0.25) is 0 Å². The minimum Gasteiger partial charge on any atom is -0.459 e. The van der Waals surface area contributed by atoms with Crippen LogP contribution in [0.4, 0.5) is 0 Å². The van der Waals surface area contributed by atoms with Crippen LogP contribution in [0.3, 0.4) is 0 Å². The first-order valence-corrected chi connectivity index (χ1v) is 8.19.